The van der Waals surface area contributed by atoms with Gasteiger partial charge in [-0.15, -0.1) is 11.3 Å². The van der Waals surface area contributed by atoms with Crippen molar-refractivity contribution in [3.05, 3.63) is 49.3 Å². The van der Waals surface area contributed by atoms with Gasteiger partial charge in [0.1, 0.15) is 5.01 Å². The van der Waals surface area contributed by atoms with Gasteiger partial charge in [0.2, 0.25) is 0 Å². The van der Waals surface area contributed by atoms with E-state index in [-0.39, 0.29) is 6.04 Å². The first-order valence-corrected chi connectivity index (χ1v) is 7.77. The van der Waals surface area contributed by atoms with E-state index in [0.717, 1.165) is 32.3 Å². The lowest BCUT2D eigenvalue weighted by molar-refractivity contribution is 0.624. The normalized spacial score (nSPS) is 12.7. The van der Waals surface area contributed by atoms with Crippen LogP contribution < -0.4 is 5.32 Å². The molecule has 0 fully saturated rings. The number of thiazole rings is 1. The first-order valence-electron chi connectivity index (χ1n) is 5.72. The Bertz CT molecular complexity index is 542. The van der Waals surface area contributed by atoms with Crippen molar-refractivity contribution in [1.82, 2.24) is 10.3 Å². The standard InChI is InChI=1S/C13H14BrClN2S/c1-3-16-12(13-17-8(2)7-18-13)10-5-4-9(15)6-11(10)14/h4-7,12,16H,3H2,1-2H3. The molecule has 1 N–H and O–H groups in total. The fourth-order valence-corrected chi connectivity index (χ4v) is 3.57. The van der Waals surface area contributed by atoms with E-state index in [1.165, 1.54) is 0 Å². The lowest BCUT2D eigenvalue weighted by atomic mass is 10.1. The lowest BCUT2D eigenvalue weighted by Gasteiger charge is -2.17. The third-order valence-corrected chi connectivity index (χ3v) is 4.51. The monoisotopic (exact) mass is 344 g/mol. The molecule has 5 heteroatoms. The van der Waals surface area contributed by atoms with Crippen molar-refractivity contribution in [3.8, 4) is 0 Å². The van der Waals surface area contributed by atoms with Crippen LogP contribution in [0.1, 0.15) is 29.2 Å². The van der Waals surface area contributed by atoms with Crippen LogP contribution in [0.15, 0.2) is 28.1 Å². The molecule has 0 aliphatic rings. The fourth-order valence-electron chi connectivity index (χ4n) is 1.77. The molecule has 1 unspecified atom stereocenters. The number of benzene rings is 1. The zero-order valence-corrected chi connectivity index (χ0v) is 13.4. The van der Waals surface area contributed by atoms with Crippen molar-refractivity contribution < 1.29 is 0 Å². The van der Waals surface area contributed by atoms with Crippen molar-refractivity contribution in [2.45, 2.75) is 19.9 Å². The highest BCUT2D eigenvalue weighted by atomic mass is 79.9. The van der Waals surface area contributed by atoms with Crippen LogP contribution in [0.2, 0.25) is 5.02 Å². The Kier molecular flexibility index (Phi) is 4.78. The Morgan fingerprint density at radius 1 is 1.50 bits per heavy atom. The molecule has 1 heterocycles. The van der Waals surface area contributed by atoms with E-state index in [4.69, 9.17) is 11.6 Å². The molecule has 0 aliphatic heterocycles. The Hall–Kier alpha value is -0.420. The van der Waals surface area contributed by atoms with E-state index in [1.54, 1.807) is 11.3 Å². The third kappa shape index (κ3) is 3.12. The molecule has 0 radical (unpaired) electrons. The van der Waals surface area contributed by atoms with E-state index in [9.17, 15) is 0 Å². The largest absolute Gasteiger partial charge is 0.305 e. The topological polar surface area (TPSA) is 24.9 Å². The summed E-state index contributed by atoms with van der Waals surface area (Å²) < 4.78 is 1.01. The maximum Gasteiger partial charge on any atom is 0.114 e. The van der Waals surface area contributed by atoms with E-state index in [2.05, 4.69) is 38.5 Å². The summed E-state index contributed by atoms with van der Waals surface area (Å²) in [4.78, 5) is 4.57. The summed E-state index contributed by atoms with van der Waals surface area (Å²) in [6.45, 7) is 5.00. The SMILES string of the molecule is CCNC(c1nc(C)cs1)c1ccc(Cl)cc1Br. The summed E-state index contributed by atoms with van der Waals surface area (Å²) in [5.74, 6) is 0. The van der Waals surface area contributed by atoms with Crippen molar-refractivity contribution in [3.63, 3.8) is 0 Å². The Morgan fingerprint density at radius 2 is 2.28 bits per heavy atom. The summed E-state index contributed by atoms with van der Waals surface area (Å²) >= 11 is 11.2. The fraction of sp³-hybridized carbons (Fsp3) is 0.308. The molecule has 0 saturated heterocycles. The lowest BCUT2D eigenvalue weighted by Crippen LogP contribution is -2.22. The van der Waals surface area contributed by atoms with E-state index < -0.39 is 0 Å². The third-order valence-electron chi connectivity index (χ3n) is 2.57. The average Bonchev–Trinajstić information content (AvgIpc) is 2.73. The minimum atomic E-state index is 0.111. The van der Waals surface area contributed by atoms with E-state index in [0.29, 0.717) is 0 Å². The first-order chi connectivity index (χ1) is 8.61. The van der Waals surface area contributed by atoms with Crippen LogP contribution in [0.4, 0.5) is 0 Å². The van der Waals surface area contributed by atoms with Gasteiger partial charge >= 0.3 is 0 Å². The number of aryl methyl sites for hydroxylation is 1. The van der Waals surface area contributed by atoms with Crippen LogP contribution in [-0.4, -0.2) is 11.5 Å². The predicted molar refractivity (Wildman–Crippen MR) is 81.5 cm³/mol. The second-order valence-corrected chi connectivity index (χ2v) is 6.16. The first kappa shape index (κ1) is 14.0. The molecule has 96 valence electrons. The molecule has 18 heavy (non-hydrogen) atoms. The molecule has 0 aliphatic carbocycles. The number of hydrogen-bond acceptors (Lipinski definition) is 3. The Labute approximate surface area is 125 Å². The molecule has 2 nitrogen and oxygen atoms in total. The predicted octanol–water partition coefficient (Wildman–Crippen LogP) is 4.57. The molecule has 0 amide bonds. The van der Waals surface area contributed by atoms with Gasteiger partial charge in [-0.05, 0) is 31.2 Å². The average molecular weight is 346 g/mol. The molecular weight excluding hydrogens is 332 g/mol. The highest BCUT2D eigenvalue weighted by Crippen LogP contribution is 2.32. The zero-order chi connectivity index (χ0) is 13.1. The summed E-state index contributed by atoms with van der Waals surface area (Å²) in [5, 5.41) is 7.35. The zero-order valence-electron chi connectivity index (χ0n) is 10.2. The highest BCUT2D eigenvalue weighted by molar-refractivity contribution is 9.10. The molecule has 1 aromatic carbocycles. The van der Waals surface area contributed by atoms with E-state index in [1.807, 2.05) is 25.1 Å². The molecule has 1 atom stereocenters. The van der Waals surface area contributed by atoms with Gasteiger partial charge in [0.15, 0.2) is 0 Å². The number of nitrogens with one attached hydrogen (secondary N) is 1. The molecule has 2 aromatic rings. The number of rotatable bonds is 4. The van der Waals surface area contributed by atoms with Crippen LogP contribution in [0, 0.1) is 6.92 Å². The molecule has 2 rings (SSSR count). The maximum atomic E-state index is 5.99. The van der Waals surface area contributed by atoms with Crippen molar-refractivity contribution in [1.29, 1.82) is 0 Å². The molecule has 0 bridgehead atoms. The van der Waals surface area contributed by atoms with Gasteiger partial charge in [0.05, 0.1) is 6.04 Å². The quantitative estimate of drug-likeness (QED) is 0.878. The number of aromatic nitrogens is 1. The van der Waals surface area contributed by atoms with Gasteiger partial charge < -0.3 is 5.32 Å². The number of hydrogen-bond donors (Lipinski definition) is 1. The maximum absolute atomic E-state index is 5.99. The van der Waals surface area contributed by atoms with Crippen LogP contribution in [0.25, 0.3) is 0 Å². The minimum Gasteiger partial charge on any atom is -0.305 e. The van der Waals surface area contributed by atoms with Gasteiger partial charge in [-0.3, -0.25) is 0 Å². The minimum absolute atomic E-state index is 0.111. The second kappa shape index (κ2) is 6.15. The molecule has 0 spiro atoms. The van der Waals surface area contributed by atoms with Gasteiger partial charge in [-0.25, -0.2) is 4.98 Å². The number of nitrogens with zero attached hydrogens (tertiary/aromatic N) is 1. The van der Waals surface area contributed by atoms with Crippen LogP contribution >= 0.6 is 38.9 Å². The van der Waals surface area contributed by atoms with Crippen LogP contribution in [0.3, 0.4) is 0 Å². The summed E-state index contributed by atoms with van der Waals surface area (Å²) in [6.07, 6.45) is 0. The van der Waals surface area contributed by atoms with Crippen LogP contribution in [-0.2, 0) is 0 Å². The van der Waals surface area contributed by atoms with Crippen molar-refractivity contribution in [2.75, 3.05) is 6.54 Å². The van der Waals surface area contributed by atoms with Crippen molar-refractivity contribution >= 4 is 38.9 Å². The smallest absolute Gasteiger partial charge is 0.114 e. The Balaban J connectivity index is 2.41. The van der Waals surface area contributed by atoms with Gasteiger partial charge in [0.25, 0.3) is 0 Å². The second-order valence-electron chi connectivity index (χ2n) is 3.98. The molecule has 0 saturated carbocycles. The molecular formula is C13H14BrClN2S. The van der Waals surface area contributed by atoms with Gasteiger partial charge in [0, 0.05) is 20.6 Å². The van der Waals surface area contributed by atoms with Crippen LogP contribution in [0.5, 0.6) is 0 Å². The molecule has 1 aromatic heterocycles. The van der Waals surface area contributed by atoms with Crippen molar-refractivity contribution in [2.24, 2.45) is 0 Å². The summed E-state index contributed by atoms with van der Waals surface area (Å²) in [5.41, 5.74) is 2.22. The number of halogens is 2. The van der Waals surface area contributed by atoms with Gasteiger partial charge in [-0.2, -0.15) is 0 Å². The summed E-state index contributed by atoms with van der Waals surface area (Å²) in [6, 6.07) is 5.98. The van der Waals surface area contributed by atoms with Gasteiger partial charge in [-0.1, -0.05) is 40.5 Å². The Morgan fingerprint density at radius 3 is 2.83 bits per heavy atom. The van der Waals surface area contributed by atoms with E-state index >= 15 is 0 Å². The highest BCUT2D eigenvalue weighted by Gasteiger charge is 2.18. The summed E-state index contributed by atoms with van der Waals surface area (Å²) in [7, 11) is 0.